The van der Waals surface area contributed by atoms with Crippen molar-refractivity contribution in [2.24, 2.45) is 5.41 Å². The average Bonchev–Trinajstić information content (AvgIpc) is 2.78. The van der Waals surface area contributed by atoms with E-state index in [4.69, 9.17) is 5.11 Å². The molecule has 14 heavy (non-hydrogen) atoms. The Morgan fingerprint density at radius 3 is 2.64 bits per heavy atom. The van der Waals surface area contributed by atoms with Gasteiger partial charge in [0, 0.05) is 0 Å². The minimum atomic E-state index is -0.650. The molecule has 0 amide bonds. The number of aliphatic carboxylic acids is 1. The summed E-state index contributed by atoms with van der Waals surface area (Å²) in [5, 5.41) is 8.71. The molecule has 0 unspecified atom stereocenters. The fraction of sp³-hybridized carbons (Fsp3) is 0.727. The summed E-state index contributed by atoms with van der Waals surface area (Å²) >= 11 is 1.87. The summed E-state index contributed by atoms with van der Waals surface area (Å²) in [6.07, 6.45) is 3.60. The van der Waals surface area contributed by atoms with Gasteiger partial charge in [0.25, 0.3) is 0 Å². The van der Waals surface area contributed by atoms with Crippen LogP contribution >= 0.6 is 11.8 Å². The standard InChI is InChI=1S/C11H18O2S/c1-9(2)3-6-14-8-11(4-5-11)7-10(12)13/h1,3-8H2,2H3,(H,12,13). The Morgan fingerprint density at radius 1 is 1.57 bits per heavy atom. The highest BCUT2D eigenvalue weighted by Gasteiger charge is 2.43. The molecule has 0 heterocycles. The van der Waals surface area contributed by atoms with Gasteiger partial charge in [-0.25, -0.2) is 0 Å². The number of carbonyl (C=O) groups is 1. The van der Waals surface area contributed by atoms with Crippen LogP contribution in [0.2, 0.25) is 0 Å². The molecule has 1 aliphatic carbocycles. The van der Waals surface area contributed by atoms with Gasteiger partial charge in [-0.2, -0.15) is 11.8 Å². The Hall–Kier alpha value is -0.440. The zero-order chi connectivity index (χ0) is 10.6. The van der Waals surface area contributed by atoms with Gasteiger partial charge in [0.05, 0.1) is 6.42 Å². The molecule has 0 saturated heterocycles. The van der Waals surface area contributed by atoms with Crippen LogP contribution < -0.4 is 0 Å². The van der Waals surface area contributed by atoms with E-state index >= 15 is 0 Å². The first kappa shape index (κ1) is 11.6. The van der Waals surface area contributed by atoms with Crippen LogP contribution in [0.25, 0.3) is 0 Å². The van der Waals surface area contributed by atoms with E-state index in [0.717, 1.165) is 30.8 Å². The zero-order valence-electron chi connectivity index (χ0n) is 8.71. The Balaban J connectivity index is 2.11. The van der Waals surface area contributed by atoms with Crippen molar-refractivity contribution in [2.45, 2.75) is 32.6 Å². The van der Waals surface area contributed by atoms with Crippen LogP contribution in [0, 0.1) is 5.41 Å². The number of allylic oxidation sites excluding steroid dienone is 1. The average molecular weight is 214 g/mol. The molecule has 0 aromatic carbocycles. The second-order valence-electron chi connectivity index (χ2n) is 4.33. The van der Waals surface area contributed by atoms with Crippen LogP contribution in [0.1, 0.15) is 32.6 Å². The molecule has 0 radical (unpaired) electrons. The number of carboxylic acids is 1. The maximum atomic E-state index is 10.6. The predicted molar refractivity (Wildman–Crippen MR) is 60.7 cm³/mol. The van der Waals surface area contributed by atoms with Crippen molar-refractivity contribution < 1.29 is 9.90 Å². The van der Waals surface area contributed by atoms with Crippen molar-refractivity contribution in [1.29, 1.82) is 0 Å². The lowest BCUT2D eigenvalue weighted by Gasteiger charge is -2.11. The first-order chi connectivity index (χ1) is 6.54. The third kappa shape index (κ3) is 4.18. The lowest BCUT2D eigenvalue weighted by atomic mass is 10.1. The highest BCUT2D eigenvalue weighted by atomic mass is 32.2. The van der Waals surface area contributed by atoms with Gasteiger partial charge >= 0.3 is 5.97 Å². The molecule has 1 aliphatic rings. The molecule has 1 saturated carbocycles. The molecule has 0 atom stereocenters. The minimum absolute atomic E-state index is 0.144. The summed E-state index contributed by atoms with van der Waals surface area (Å²) in [6, 6.07) is 0. The van der Waals surface area contributed by atoms with Gasteiger partial charge in [-0.15, -0.1) is 6.58 Å². The first-order valence-electron chi connectivity index (χ1n) is 4.98. The second-order valence-corrected chi connectivity index (χ2v) is 5.44. The van der Waals surface area contributed by atoms with Gasteiger partial charge in [0.15, 0.2) is 0 Å². The summed E-state index contributed by atoms with van der Waals surface area (Å²) < 4.78 is 0. The summed E-state index contributed by atoms with van der Waals surface area (Å²) in [5.41, 5.74) is 1.35. The van der Waals surface area contributed by atoms with Gasteiger partial charge in [-0.1, -0.05) is 5.57 Å². The molecule has 0 spiro atoms. The minimum Gasteiger partial charge on any atom is -0.481 e. The summed E-state index contributed by atoms with van der Waals surface area (Å²) in [6.45, 7) is 5.88. The number of rotatable bonds is 7. The summed E-state index contributed by atoms with van der Waals surface area (Å²) in [5.74, 6) is 1.44. The van der Waals surface area contributed by atoms with Crippen LogP contribution in [0.15, 0.2) is 12.2 Å². The van der Waals surface area contributed by atoms with Crippen molar-refractivity contribution in [3.63, 3.8) is 0 Å². The van der Waals surface area contributed by atoms with E-state index in [1.54, 1.807) is 0 Å². The lowest BCUT2D eigenvalue weighted by Crippen LogP contribution is -2.11. The van der Waals surface area contributed by atoms with E-state index < -0.39 is 5.97 Å². The Morgan fingerprint density at radius 2 is 2.21 bits per heavy atom. The molecule has 2 nitrogen and oxygen atoms in total. The fourth-order valence-corrected chi connectivity index (χ4v) is 2.87. The van der Waals surface area contributed by atoms with E-state index in [2.05, 4.69) is 6.58 Å². The van der Waals surface area contributed by atoms with Gasteiger partial charge in [0.1, 0.15) is 0 Å². The van der Waals surface area contributed by atoms with Gasteiger partial charge in [0.2, 0.25) is 0 Å². The largest absolute Gasteiger partial charge is 0.481 e. The van der Waals surface area contributed by atoms with Crippen molar-refractivity contribution in [3.8, 4) is 0 Å². The van der Waals surface area contributed by atoms with Crippen LogP contribution in [-0.2, 0) is 4.79 Å². The van der Waals surface area contributed by atoms with Crippen molar-refractivity contribution in [2.75, 3.05) is 11.5 Å². The number of carboxylic acid groups (broad SMARTS) is 1. The summed E-state index contributed by atoms with van der Waals surface area (Å²) in [7, 11) is 0. The SMILES string of the molecule is C=C(C)CCSCC1(CC(=O)O)CC1. The van der Waals surface area contributed by atoms with Gasteiger partial charge < -0.3 is 5.11 Å². The first-order valence-corrected chi connectivity index (χ1v) is 6.13. The second kappa shape index (κ2) is 4.87. The molecular formula is C11H18O2S. The third-order valence-corrected chi connectivity index (χ3v) is 3.87. The Bertz CT molecular complexity index is 231. The van der Waals surface area contributed by atoms with Gasteiger partial charge in [-0.3, -0.25) is 4.79 Å². The maximum absolute atomic E-state index is 10.6. The van der Waals surface area contributed by atoms with Crippen LogP contribution in [0.3, 0.4) is 0 Å². The summed E-state index contributed by atoms with van der Waals surface area (Å²) in [4.78, 5) is 10.6. The van der Waals surface area contributed by atoms with E-state index in [9.17, 15) is 4.79 Å². The smallest absolute Gasteiger partial charge is 0.303 e. The highest BCUT2D eigenvalue weighted by molar-refractivity contribution is 7.99. The molecule has 0 aromatic rings. The molecule has 1 N–H and O–H groups in total. The van der Waals surface area contributed by atoms with Crippen molar-refractivity contribution >= 4 is 17.7 Å². The third-order valence-electron chi connectivity index (χ3n) is 2.56. The van der Waals surface area contributed by atoms with E-state index in [-0.39, 0.29) is 5.41 Å². The Labute approximate surface area is 89.8 Å². The predicted octanol–water partition coefficient (Wildman–Crippen LogP) is 2.94. The lowest BCUT2D eigenvalue weighted by molar-refractivity contribution is -0.138. The number of thioether (sulfide) groups is 1. The number of hydrogen-bond acceptors (Lipinski definition) is 2. The van der Waals surface area contributed by atoms with Crippen LogP contribution in [0.4, 0.5) is 0 Å². The normalized spacial score (nSPS) is 17.8. The van der Waals surface area contributed by atoms with Crippen LogP contribution in [0.5, 0.6) is 0 Å². The molecule has 3 heteroatoms. The highest BCUT2D eigenvalue weighted by Crippen LogP contribution is 2.51. The molecule has 0 bridgehead atoms. The maximum Gasteiger partial charge on any atom is 0.303 e. The molecule has 0 aromatic heterocycles. The Kier molecular flexibility index (Phi) is 4.05. The van der Waals surface area contributed by atoms with E-state index in [1.165, 1.54) is 5.57 Å². The van der Waals surface area contributed by atoms with Gasteiger partial charge in [-0.05, 0) is 43.1 Å². The molecule has 1 rings (SSSR count). The molecule has 1 fully saturated rings. The van der Waals surface area contributed by atoms with Crippen LogP contribution in [-0.4, -0.2) is 22.6 Å². The fourth-order valence-electron chi connectivity index (χ4n) is 1.40. The zero-order valence-corrected chi connectivity index (χ0v) is 9.53. The molecule has 0 aliphatic heterocycles. The van der Waals surface area contributed by atoms with Crippen molar-refractivity contribution in [1.82, 2.24) is 0 Å². The monoisotopic (exact) mass is 214 g/mol. The topological polar surface area (TPSA) is 37.3 Å². The molecule has 80 valence electrons. The number of hydrogen-bond donors (Lipinski definition) is 1. The van der Waals surface area contributed by atoms with E-state index in [0.29, 0.717) is 6.42 Å². The molecular weight excluding hydrogens is 196 g/mol. The van der Waals surface area contributed by atoms with E-state index in [1.807, 2.05) is 18.7 Å². The quantitative estimate of drug-likeness (QED) is 0.523. The van der Waals surface area contributed by atoms with Crippen molar-refractivity contribution in [3.05, 3.63) is 12.2 Å².